The molecule has 0 aliphatic rings. The maximum atomic E-state index is 11.4. The first-order valence-electron chi connectivity index (χ1n) is 5.55. The van der Waals surface area contributed by atoms with Crippen molar-refractivity contribution in [3.8, 4) is 0 Å². The number of rotatable bonds is 6. The van der Waals surface area contributed by atoms with Crippen LogP contribution in [0.3, 0.4) is 0 Å². The van der Waals surface area contributed by atoms with Gasteiger partial charge in [0.1, 0.15) is 0 Å². The lowest BCUT2D eigenvalue weighted by Gasteiger charge is -2.20. The summed E-state index contributed by atoms with van der Waals surface area (Å²) in [5, 5.41) is 6.03. The summed E-state index contributed by atoms with van der Waals surface area (Å²) in [6, 6.07) is 0. The molecule has 0 saturated heterocycles. The van der Waals surface area contributed by atoms with Gasteiger partial charge in [-0.3, -0.25) is 4.79 Å². The summed E-state index contributed by atoms with van der Waals surface area (Å²) in [4.78, 5) is 13.5. The van der Waals surface area contributed by atoms with Crippen LogP contribution in [0.5, 0.6) is 0 Å². The maximum Gasteiger partial charge on any atom is 0.234 e. The summed E-state index contributed by atoms with van der Waals surface area (Å²) < 4.78 is 0. The van der Waals surface area contributed by atoms with E-state index in [1.54, 1.807) is 0 Å². The van der Waals surface area contributed by atoms with Crippen molar-refractivity contribution in [1.29, 1.82) is 0 Å². The quantitative estimate of drug-likeness (QED) is 0.676. The van der Waals surface area contributed by atoms with Gasteiger partial charge in [0.05, 0.1) is 6.54 Å². The minimum atomic E-state index is -0.00243. The molecule has 0 spiro atoms. The molecule has 0 unspecified atom stereocenters. The van der Waals surface area contributed by atoms with Crippen LogP contribution in [-0.4, -0.2) is 49.6 Å². The highest BCUT2D eigenvalue weighted by Gasteiger charge is 2.10. The van der Waals surface area contributed by atoms with E-state index >= 15 is 0 Å². The van der Waals surface area contributed by atoms with Crippen molar-refractivity contribution in [3.63, 3.8) is 0 Å². The predicted molar refractivity (Wildman–Crippen MR) is 63.9 cm³/mol. The fourth-order valence-corrected chi connectivity index (χ4v) is 0.952. The molecule has 0 fully saturated rings. The van der Waals surface area contributed by atoms with Gasteiger partial charge >= 0.3 is 0 Å². The van der Waals surface area contributed by atoms with Gasteiger partial charge in [-0.15, -0.1) is 0 Å². The number of carbonyl (C=O) groups excluding carboxylic acids is 1. The Labute approximate surface area is 93.4 Å². The zero-order valence-electron chi connectivity index (χ0n) is 10.7. The van der Waals surface area contributed by atoms with Crippen molar-refractivity contribution in [1.82, 2.24) is 15.5 Å². The van der Waals surface area contributed by atoms with Crippen molar-refractivity contribution < 1.29 is 4.79 Å². The number of nitrogens with one attached hydrogen (secondary N) is 2. The van der Waals surface area contributed by atoms with Gasteiger partial charge in [0.25, 0.3) is 0 Å². The highest BCUT2D eigenvalue weighted by Crippen LogP contribution is 1.96. The molecule has 2 N–H and O–H groups in total. The van der Waals surface area contributed by atoms with E-state index in [4.69, 9.17) is 0 Å². The molecule has 0 bridgehead atoms. The number of carbonyl (C=O) groups is 1. The van der Waals surface area contributed by atoms with E-state index in [1.807, 2.05) is 27.8 Å². The minimum absolute atomic E-state index is 0.00243. The maximum absolute atomic E-state index is 11.4. The molecule has 0 radical (unpaired) electrons. The van der Waals surface area contributed by atoms with E-state index in [1.165, 1.54) is 0 Å². The van der Waals surface area contributed by atoms with E-state index in [0.717, 1.165) is 19.6 Å². The molecule has 0 saturated carbocycles. The summed E-state index contributed by atoms with van der Waals surface area (Å²) in [7, 11) is 2.04. The topological polar surface area (TPSA) is 44.4 Å². The summed E-state index contributed by atoms with van der Waals surface area (Å²) in [6.45, 7) is 11.3. The van der Waals surface area contributed by atoms with Crippen molar-refractivity contribution in [2.45, 2.75) is 33.2 Å². The molecule has 1 amide bonds. The number of hydrogen-bond acceptors (Lipinski definition) is 3. The van der Waals surface area contributed by atoms with E-state index in [0.29, 0.717) is 6.54 Å². The van der Waals surface area contributed by atoms with Crippen molar-refractivity contribution in [2.24, 2.45) is 0 Å². The van der Waals surface area contributed by atoms with Gasteiger partial charge in [-0.05, 0) is 34.4 Å². The molecule has 0 aromatic rings. The lowest BCUT2D eigenvalue weighted by atomic mass is 10.1. The molecule has 4 heteroatoms. The Morgan fingerprint density at radius 2 is 1.93 bits per heavy atom. The fraction of sp³-hybridized carbons (Fsp3) is 0.909. The molecule has 0 atom stereocenters. The molecule has 4 nitrogen and oxygen atoms in total. The summed E-state index contributed by atoms with van der Waals surface area (Å²) >= 11 is 0. The molecule has 0 heterocycles. The van der Waals surface area contributed by atoms with Gasteiger partial charge in [0.15, 0.2) is 0 Å². The van der Waals surface area contributed by atoms with Crippen LogP contribution >= 0.6 is 0 Å². The summed E-state index contributed by atoms with van der Waals surface area (Å²) in [6.07, 6.45) is 0. The largest absolute Gasteiger partial charge is 0.354 e. The zero-order chi connectivity index (χ0) is 11.9. The Bertz CT molecular complexity index is 187. The second-order valence-electron chi connectivity index (χ2n) is 4.85. The molecular formula is C11H25N3O. The van der Waals surface area contributed by atoms with Gasteiger partial charge in [0.2, 0.25) is 5.91 Å². The van der Waals surface area contributed by atoms with E-state index in [-0.39, 0.29) is 11.4 Å². The number of nitrogens with zero attached hydrogens (tertiary/aromatic N) is 1. The molecule has 0 aromatic heterocycles. The van der Waals surface area contributed by atoms with Crippen LogP contribution in [0.2, 0.25) is 0 Å². The first-order valence-corrected chi connectivity index (χ1v) is 5.55. The third-order valence-electron chi connectivity index (χ3n) is 2.13. The normalized spacial score (nSPS) is 11.9. The Hall–Kier alpha value is -0.610. The molecule has 0 aromatic carbocycles. The van der Waals surface area contributed by atoms with Crippen molar-refractivity contribution in [2.75, 3.05) is 33.2 Å². The van der Waals surface area contributed by atoms with Gasteiger partial charge in [-0.1, -0.05) is 6.92 Å². The Morgan fingerprint density at radius 1 is 1.33 bits per heavy atom. The third-order valence-corrected chi connectivity index (χ3v) is 2.13. The van der Waals surface area contributed by atoms with Crippen molar-refractivity contribution >= 4 is 5.91 Å². The predicted octanol–water partition coefficient (Wildman–Crippen LogP) is 0.442. The molecule has 15 heavy (non-hydrogen) atoms. The molecule has 0 rings (SSSR count). The van der Waals surface area contributed by atoms with E-state index in [2.05, 4.69) is 22.5 Å². The van der Waals surface area contributed by atoms with Gasteiger partial charge in [0, 0.05) is 18.6 Å². The highest BCUT2D eigenvalue weighted by atomic mass is 16.1. The summed E-state index contributed by atoms with van der Waals surface area (Å²) in [5.41, 5.74) is -0.00243. The lowest BCUT2D eigenvalue weighted by molar-refractivity contribution is -0.120. The van der Waals surface area contributed by atoms with Gasteiger partial charge < -0.3 is 15.5 Å². The number of likely N-dealkylation sites (N-methyl/N-ethyl adjacent to an activating group) is 1. The smallest absolute Gasteiger partial charge is 0.234 e. The van der Waals surface area contributed by atoms with Crippen LogP contribution < -0.4 is 10.6 Å². The fourth-order valence-electron chi connectivity index (χ4n) is 0.952. The third kappa shape index (κ3) is 9.69. The van der Waals surface area contributed by atoms with Crippen LogP contribution in [0, 0.1) is 0 Å². The number of amides is 1. The molecule has 0 aliphatic heterocycles. The average molecular weight is 215 g/mol. The standard InChI is InChI=1S/C11H25N3O/c1-6-14(5)8-7-12-10(15)9-13-11(2,3)4/h13H,6-9H2,1-5H3,(H,12,15). The molecule has 0 aliphatic carbocycles. The average Bonchev–Trinajstić information content (AvgIpc) is 2.13. The van der Waals surface area contributed by atoms with Crippen LogP contribution in [0.4, 0.5) is 0 Å². The minimum Gasteiger partial charge on any atom is -0.354 e. The Kier molecular flexibility index (Phi) is 6.52. The second-order valence-corrected chi connectivity index (χ2v) is 4.85. The Morgan fingerprint density at radius 3 is 2.40 bits per heavy atom. The first kappa shape index (κ1) is 14.4. The lowest BCUT2D eigenvalue weighted by Crippen LogP contribution is -2.44. The number of hydrogen-bond donors (Lipinski definition) is 2. The molecular weight excluding hydrogens is 190 g/mol. The van der Waals surface area contributed by atoms with Crippen LogP contribution in [-0.2, 0) is 4.79 Å². The Balaban J connectivity index is 3.50. The zero-order valence-corrected chi connectivity index (χ0v) is 10.7. The van der Waals surface area contributed by atoms with Crippen LogP contribution in [0.25, 0.3) is 0 Å². The van der Waals surface area contributed by atoms with E-state index in [9.17, 15) is 4.79 Å². The SMILES string of the molecule is CCN(C)CCNC(=O)CNC(C)(C)C. The van der Waals surface area contributed by atoms with Gasteiger partial charge in [-0.2, -0.15) is 0 Å². The monoisotopic (exact) mass is 215 g/mol. The first-order chi connectivity index (χ1) is 6.85. The van der Waals surface area contributed by atoms with Crippen LogP contribution in [0.1, 0.15) is 27.7 Å². The second kappa shape index (κ2) is 6.80. The van der Waals surface area contributed by atoms with Crippen molar-refractivity contribution in [3.05, 3.63) is 0 Å². The molecule has 90 valence electrons. The van der Waals surface area contributed by atoms with Crippen LogP contribution in [0.15, 0.2) is 0 Å². The summed E-state index contributed by atoms with van der Waals surface area (Å²) in [5.74, 6) is 0.0643. The van der Waals surface area contributed by atoms with E-state index < -0.39 is 0 Å². The van der Waals surface area contributed by atoms with Gasteiger partial charge in [-0.25, -0.2) is 0 Å². The highest BCUT2D eigenvalue weighted by molar-refractivity contribution is 5.78.